The van der Waals surface area contributed by atoms with Gasteiger partial charge in [-0.15, -0.1) is 6.58 Å². The number of pyridine rings is 1. The number of sulfonamides is 1. The number of ether oxygens (including phenoxy) is 3. The summed E-state index contributed by atoms with van der Waals surface area (Å²) in [6, 6.07) is 5.09. The number of hydrogen-bond acceptors (Lipinski definition) is 10. The summed E-state index contributed by atoms with van der Waals surface area (Å²) in [4.78, 5) is 62.2. The number of nitrogens with one attached hydrogen (secondary N) is 3. The molecular formula is C42H59N5O9S. The monoisotopic (exact) mass is 809 g/mol. The molecular weight excluding hydrogens is 751 g/mol. The molecule has 1 aromatic heterocycles. The van der Waals surface area contributed by atoms with Crippen molar-refractivity contribution < 1.29 is 41.8 Å². The first-order chi connectivity index (χ1) is 26.9. The number of carbonyl (C=O) groups excluding carboxylic acids is 4. The number of hydrogen-bond donors (Lipinski definition) is 3. The van der Waals surface area contributed by atoms with Gasteiger partial charge in [0.25, 0.3) is 5.91 Å². The van der Waals surface area contributed by atoms with Crippen molar-refractivity contribution in [1.82, 2.24) is 25.2 Å². The van der Waals surface area contributed by atoms with Crippen LogP contribution in [0.3, 0.4) is 0 Å². The van der Waals surface area contributed by atoms with Crippen molar-refractivity contribution in [1.29, 1.82) is 0 Å². The maximum atomic E-state index is 14.7. The molecule has 1 aromatic carbocycles. The van der Waals surface area contributed by atoms with E-state index in [1.807, 2.05) is 39.0 Å². The van der Waals surface area contributed by atoms with E-state index in [4.69, 9.17) is 14.2 Å². The van der Waals surface area contributed by atoms with Crippen molar-refractivity contribution in [3.05, 3.63) is 43.1 Å². The van der Waals surface area contributed by atoms with Crippen LogP contribution in [-0.2, 0) is 33.9 Å². The first kappa shape index (κ1) is 42.4. The van der Waals surface area contributed by atoms with Crippen LogP contribution < -0.4 is 24.8 Å². The fourth-order valence-electron chi connectivity index (χ4n) is 8.41. The van der Waals surface area contributed by atoms with Crippen molar-refractivity contribution in [2.75, 3.05) is 20.3 Å². The average Bonchev–Trinajstić information content (AvgIpc) is 4.08. The Balaban J connectivity index is 1.24. The lowest BCUT2D eigenvalue weighted by atomic mass is 9.75. The van der Waals surface area contributed by atoms with E-state index in [0.717, 1.165) is 24.6 Å². The summed E-state index contributed by atoms with van der Waals surface area (Å²) in [5, 5.41) is 6.63. The molecule has 8 atom stereocenters. The van der Waals surface area contributed by atoms with Gasteiger partial charge in [-0.1, -0.05) is 54.0 Å². The number of fused-ring (bicyclic) bond motifs is 1. The summed E-state index contributed by atoms with van der Waals surface area (Å²) in [6.07, 6.45) is 6.46. The van der Waals surface area contributed by atoms with Crippen LogP contribution >= 0.6 is 0 Å². The van der Waals surface area contributed by atoms with Gasteiger partial charge in [0, 0.05) is 23.9 Å². The van der Waals surface area contributed by atoms with Crippen LogP contribution in [0.15, 0.2) is 43.1 Å². The van der Waals surface area contributed by atoms with Crippen LogP contribution in [0.5, 0.6) is 11.6 Å². The van der Waals surface area contributed by atoms with Crippen LogP contribution in [-0.4, -0.2) is 97.3 Å². The quantitative estimate of drug-likeness (QED) is 0.220. The Morgan fingerprint density at radius 3 is 2.46 bits per heavy atom. The van der Waals surface area contributed by atoms with Gasteiger partial charge in [-0.3, -0.25) is 23.9 Å². The largest absolute Gasteiger partial charge is 0.497 e. The highest BCUT2D eigenvalue weighted by Gasteiger charge is 2.62. The van der Waals surface area contributed by atoms with Crippen molar-refractivity contribution in [2.45, 2.75) is 122 Å². The molecule has 4 aliphatic rings. The molecule has 1 unspecified atom stereocenters. The third-order valence-corrected chi connectivity index (χ3v) is 13.9. The standard InChI is InChI=1S/C42H59N5O9S/c1-9-27-21-42(27,40(51)46-57(52,53)30-12-13-30)45-37(49)33-20-29(56-38-32-15-11-28(54-8)19-26(32)16-17-43-38)22-47(33)39(50)36(41(5,6)7)44-35(48)23-55-34-18-25(4)10-14-31(34)24(2)3/h9,11,15-17,19,24-25,27,29-31,33-34,36H,1,10,12-14,18,20-23H2,2-8H3,(H,44,48)(H,45,49)(H,46,51)/t25-,27+,29?,31+,33-,34-,36+,42+/m0/s1. The van der Waals surface area contributed by atoms with E-state index in [1.54, 1.807) is 19.4 Å². The number of aromatic nitrogens is 1. The summed E-state index contributed by atoms with van der Waals surface area (Å²) < 4.78 is 45.7. The molecule has 1 saturated heterocycles. The summed E-state index contributed by atoms with van der Waals surface area (Å²) in [7, 11) is -2.33. The van der Waals surface area contributed by atoms with Crippen molar-refractivity contribution >= 4 is 44.4 Å². The molecule has 0 radical (unpaired) electrons. The smallest absolute Gasteiger partial charge is 0.259 e. The molecule has 4 amide bonds. The highest BCUT2D eigenvalue weighted by Crippen LogP contribution is 2.46. The molecule has 1 aliphatic heterocycles. The van der Waals surface area contributed by atoms with Gasteiger partial charge in [-0.25, -0.2) is 13.4 Å². The van der Waals surface area contributed by atoms with Gasteiger partial charge in [0.15, 0.2) is 0 Å². The zero-order chi connectivity index (χ0) is 41.4. The summed E-state index contributed by atoms with van der Waals surface area (Å²) in [6.45, 7) is 15.6. The minimum Gasteiger partial charge on any atom is -0.497 e. The number of carbonyl (C=O) groups is 4. The van der Waals surface area contributed by atoms with E-state index in [0.29, 0.717) is 47.6 Å². The molecule has 14 nitrogen and oxygen atoms in total. The minimum absolute atomic E-state index is 0.0275. The normalized spacial score (nSPS) is 28.0. The fraction of sp³-hybridized carbons (Fsp3) is 0.643. The number of methoxy groups -OCH3 is 1. The minimum atomic E-state index is -3.90. The summed E-state index contributed by atoms with van der Waals surface area (Å²) in [5.41, 5.74) is -2.34. The van der Waals surface area contributed by atoms with Crippen LogP contribution in [0.1, 0.15) is 86.5 Å². The summed E-state index contributed by atoms with van der Waals surface area (Å²) >= 11 is 0. The summed E-state index contributed by atoms with van der Waals surface area (Å²) in [5.74, 6) is -0.764. The third-order valence-electron chi connectivity index (χ3n) is 12.1. The van der Waals surface area contributed by atoms with E-state index >= 15 is 0 Å². The van der Waals surface area contributed by atoms with Crippen molar-refractivity contribution in [2.24, 2.45) is 29.1 Å². The molecule has 3 aliphatic carbocycles. The molecule has 2 heterocycles. The number of rotatable bonds is 15. The second kappa shape index (κ2) is 16.6. The van der Waals surface area contributed by atoms with Gasteiger partial charge >= 0.3 is 0 Å². The second-order valence-corrected chi connectivity index (χ2v) is 19.9. The zero-order valence-electron chi connectivity index (χ0n) is 34.2. The van der Waals surface area contributed by atoms with Crippen LogP contribution in [0.2, 0.25) is 0 Å². The average molecular weight is 810 g/mol. The Labute approximate surface area is 336 Å². The SMILES string of the molecule is C=C[C@@H]1C[C@]1(NC(=O)[C@@H]1CC(Oc2nccc3cc(OC)ccc23)CN1C(=O)[C@@H](NC(=O)CO[C@H]1C[C@@H](C)CC[C@@H]1C(C)C)C(C)(C)C)C(=O)NS(=O)(=O)C1CC1. The number of amides is 4. The predicted molar refractivity (Wildman–Crippen MR) is 215 cm³/mol. The van der Waals surface area contributed by atoms with E-state index in [1.165, 1.54) is 11.0 Å². The lowest BCUT2D eigenvalue weighted by Gasteiger charge is -2.38. The number of benzene rings is 1. The van der Waals surface area contributed by atoms with E-state index in [-0.39, 0.29) is 32.1 Å². The molecule has 15 heteroatoms. The molecule has 2 aromatic rings. The molecule has 4 fully saturated rings. The van der Waals surface area contributed by atoms with Gasteiger partial charge in [0.2, 0.25) is 33.6 Å². The molecule has 312 valence electrons. The second-order valence-electron chi connectivity index (χ2n) is 17.9. The Kier molecular flexibility index (Phi) is 12.3. The molecule has 3 N–H and O–H groups in total. The molecule has 3 saturated carbocycles. The van der Waals surface area contributed by atoms with Crippen molar-refractivity contribution in [3.63, 3.8) is 0 Å². The molecule has 57 heavy (non-hydrogen) atoms. The zero-order valence-corrected chi connectivity index (χ0v) is 35.0. The highest BCUT2D eigenvalue weighted by atomic mass is 32.2. The van der Waals surface area contributed by atoms with Crippen LogP contribution in [0, 0.1) is 29.1 Å². The third kappa shape index (κ3) is 9.40. The topological polar surface area (TPSA) is 182 Å². The van der Waals surface area contributed by atoms with E-state index in [2.05, 4.69) is 47.7 Å². The van der Waals surface area contributed by atoms with Gasteiger partial charge in [0.05, 0.1) is 25.0 Å². The predicted octanol–water partition coefficient (Wildman–Crippen LogP) is 4.27. The Morgan fingerprint density at radius 1 is 1.09 bits per heavy atom. The molecule has 0 bridgehead atoms. The first-order valence-electron chi connectivity index (χ1n) is 20.2. The maximum absolute atomic E-state index is 14.7. The highest BCUT2D eigenvalue weighted by molar-refractivity contribution is 7.91. The van der Waals surface area contributed by atoms with Crippen LogP contribution in [0.4, 0.5) is 0 Å². The lowest BCUT2D eigenvalue weighted by Crippen LogP contribution is -2.60. The van der Waals surface area contributed by atoms with E-state index < -0.39 is 74.0 Å². The van der Waals surface area contributed by atoms with Gasteiger partial charge < -0.3 is 29.7 Å². The fourth-order valence-corrected chi connectivity index (χ4v) is 9.77. The lowest BCUT2D eigenvalue weighted by molar-refractivity contribution is -0.146. The molecule has 6 rings (SSSR count). The number of nitrogens with zero attached hydrogens (tertiary/aromatic N) is 2. The number of likely N-dealkylation sites (tertiary alicyclic amines) is 1. The van der Waals surface area contributed by atoms with Crippen LogP contribution in [0.25, 0.3) is 10.8 Å². The molecule has 0 spiro atoms. The van der Waals surface area contributed by atoms with Crippen molar-refractivity contribution in [3.8, 4) is 11.6 Å². The van der Waals surface area contributed by atoms with E-state index in [9.17, 15) is 27.6 Å². The maximum Gasteiger partial charge on any atom is 0.259 e. The Bertz CT molecular complexity index is 1980. The van der Waals surface area contributed by atoms with Gasteiger partial charge in [0.1, 0.15) is 36.1 Å². The Hall–Kier alpha value is -4.24. The first-order valence-corrected chi connectivity index (χ1v) is 21.7. The van der Waals surface area contributed by atoms with Gasteiger partial charge in [-0.2, -0.15) is 0 Å². The van der Waals surface area contributed by atoms with Gasteiger partial charge in [-0.05, 0) is 84.9 Å². The Morgan fingerprint density at radius 2 is 1.82 bits per heavy atom.